The number of rotatable bonds is 4. The monoisotopic (exact) mass is 447 g/mol. The standard InChI is InChI=1S/C24H19F2N5O2/c25-17-4-2-16(3-5-17)20-21(23(33)31(22(20)32)19-8-6-18(26)7-9-19)29-12-14-30(15-13-29)24-27-10-1-11-28-24/h1-11H,12-15H2. The number of amides is 2. The maximum Gasteiger partial charge on any atom is 0.282 e. The predicted molar refractivity (Wildman–Crippen MR) is 118 cm³/mol. The number of aromatic nitrogens is 2. The summed E-state index contributed by atoms with van der Waals surface area (Å²) in [7, 11) is 0. The molecule has 9 heteroatoms. The van der Waals surface area contributed by atoms with E-state index in [1.165, 1.54) is 48.5 Å². The minimum absolute atomic E-state index is 0.203. The van der Waals surface area contributed by atoms with E-state index in [0.717, 1.165) is 4.90 Å². The summed E-state index contributed by atoms with van der Waals surface area (Å²) in [4.78, 5) is 40.4. The molecule has 0 aliphatic carbocycles. The van der Waals surface area contributed by atoms with Crippen LogP contribution < -0.4 is 9.80 Å². The first-order chi connectivity index (χ1) is 16.0. The zero-order chi connectivity index (χ0) is 22.9. The third-order valence-electron chi connectivity index (χ3n) is 5.71. The minimum Gasteiger partial charge on any atom is -0.363 e. The number of carbonyl (C=O) groups is 2. The van der Waals surface area contributed by atoms with Gasteiger partial charge in [0.2, 0.25) is 5.95 Å². The SMILES string of the molecule is O=C1C(c2ccc(F)cc2)=C(N2CCN(c3ncccn3)CC2)C(=O)N1c1ccc(F)cc1. The molecule has 0 radical (unpaired) electrons. The van der Waals surface area contributed by atoms with Gasteiger partial charge in [-0.05, 0) is 48.0 Å². The lowest BCUT2D eigenvalue weighted by Crippen LogP contribution is -2.48. The highest BCUT2D eigenvalue weighted by Crippen LogP contribution is 2.35. The number of halogens is 2. The summed E-state index contributed by atoms with van der Waals surface area (Å²) < 4.78 is 27.0. The van der Waals surface area contributed by atoms with Crippen molar-refractivity contribution in [2.24, 2.45) is 0 Å². The first-order valence-electron chi connectivity index (χ1n) is 10.4. The third-order valence-corrected chi connectivity index (χ3v) is 5.71. The summed E-state index contributed by atoms with van der Waals surface area (Å²) in [6.07, 6.45) is 3.34. The molecule has 0 N–H and O–H groups in total. The van der Waals surface area contributed by atoms with E-state index in [1.807, 2.05) is 9.80 Å². The fourth-order valence-electron chi connectivity index (χ4n) is 4.10. The lowest BCUT2D eigenvalue weighted by atomic mass is 10.0. The number of hydrogen-bond acceptors (Lipinski definition) is 6. The second kappa shape index (κ2) is 8.42. The van der Waals surface area contributed by atoms with E-state index in [4.69, 9.17) is 0 Å². The van der Waals surface area contributed by atoms with E-state index in [2.05, 4.69) is 9.97 Å². The molecule has 0 atom stereocenters. The quantitative estimate of drug-likeness (QED) is 0.573. The number of nitrogens with zero attached hydrogens (tertiary/aromatic N) is 5. The molecule has 3 aromatic rings. The molecule has 5 rings (SSSR count). The zero-order valence-electron chi connectivity index (χ0n) is 17.5. The van der Waals surface area contributed by atoms with Crippen molar-refractivity contribution in [1.82, 2.24) is 14.9 Å². The van der Waals surface area contributed by atoms with Crippen LogP contribution >= 0.6 is 0 Å². The zero-order valence-corrected chi connectivity index (χ0v) is 17.5. The Balaban J connectivity index is 1.50. The highest BCUT2D eigenvalue weighted by atomic mass is 19.1. The lowest BCUT2D eigenvalue weighted by Gasteiger charge is -2.36. The van der Waals surface area contributed by atoms with Crippen molar-refractivity contribution in [2.45, 2.75) is 0 Å². The van der Waals surface area contributed by atoms with Crippen LogP contribution in [-0.4, -0.2) is 52.9 Å². The van der Waals surface area contributed by atoms with Gasteiger partial charge in [-0.2, -0.15) is 0 Å². The summed E-state index contributed by atoms with van der Waals surface area (Å²) in [6.45, 7) is 2.05. The molecule has 2 aliphatic heterocycles. The number of benzene rings is 2. The van der Waals surface area contributed by atoms with Crippen LogP contribution in [-0.2, 0) is 9.59 Å². The molecule has 0 spiro atoms. The number of carbonyl (C=O) groups excluding carboxylic acids is 2. The van der Waals surface area contributed by atoms with Gasteiger partial charge in [-0.15, -0.1) is 0 Å². The Bertz CT molecular complexity index is 1220. The molecule has 33 heavy (non-hydrogen) atoms. The van der Waals surface area contributed by atoms with Crippen LogP contribution in [0.5, 0.6) is 0 Å². The Labute approximate surface area is 188 Å². The first-order valence-corrected chi connectivity index (χ1v) is 10.4. The smallest absolute Gasteiger partial charge is 0.282 e. The molecule has 7 nitrogen and oxygen atoms in total. The fraction of sp³-hybridized carbons (Fsp3) is 0.167. The summed E-state index contributed by atoms with van der Waals surface area (Å²) in [5.41, 5.74) is 1.18. The Kier molecular flexibility index (Phi) is 5.29. The van der Waals surface area contributed by atoms with Crippen LogP contribution in [0.4, 0.5) is 20.4 Å². The van der Waals surface area contributed by atoms with Crippen molar-refractivity contribution in [2.75, 3.05) is 36.0 Å². The molecule has 0 saturated carbocycles. The normalized spacial score (nSPS) is 16.7. The van der Waals surface area contributed by atoms with Gasteiger partial charge in [-0.3, -0.25) is 9.59 Å². The van der Waals surface area contributed by atoms with Crippen molar-refractivity contribution < 1.29 is 18.4 Å². The van der Waals surface area contributed by atoms with Crippen LogP contribution in [0.15, 0.2) is 72.7 Å². The Hall–Kier alpha value is -4.14. The van der Waals surface area contributed by atoms with Crippen molar-refractivity contribution in [1.29, 1.82) is 0 Å². The largest absolute Gasteiger partial charge is 0.363 e. The Morgan fingerprint density at radius 2 is 1.24 bits per heavy atom. The maximum absolute atomic E-state index is 13.5. The van der Waals surface area contributed by atoms with E-state index in [0.29, 0.717) is 37.7 Å². The lowest BCUT2D eigenvalue weighted by molar-refractivity contribution is -0.120. The first kappa shape index (κ1) is 20.7. The number of imide groups is 1. The average Bonchev–Trinajstić information content (AvgIpc) is 3.11. The maximum atomic E-state index is 13.5. The van der Waals surface area contributed by atoms with Gasteiger partial charge in [0.1, 0.15) is 17.3 Å². The van der Waals surface area contributed by atoms with Crippen LogP contribution in [0, 0.1) is 11.6 Å². The van der Waals surface area contributed by atoms with Gasteiger partial charge in [0.05, 0.1) is 11.3 Å². The van der Waals surface area contributed by atoms with E-state index >= 15 is 0 Å². The van der Waals surface area contributed by atoms with Gasteiger partial charge in [-0.1, -0.05) is 12.1 Å². The van der Waals surface area contributed by atoms with Gasteiger partial charge in [0.15, 0.2) is 0 Å². The fourth-order valence-corrected chi connectivity index (χ4v) is 4.10. The third kappa shape index (κ3) is 3.82. The minimum atomic E-state index is -0.526. The molecule has 3 heterocycles. The molecule has 2 aromatic carbocycles. The van der Waals surface area contributed by atoms with Crippen LogP contribution in [0.2, 0.25) is 0 Å². The molecule has 1 aromatic heterocycles. The van der Waals surface area contributed by atoms with Gasteiger partial charge >= 0.3 is 0 Å². The number of piperazine rings is 1. The van der Waals surface area contributed by atoms with Crippen molar-refractivity contribution in [3.8, 4) is 0 Å². The van der Waals surface area contributed by atoms with Crippen molar-refractivity contribution in [3.63, 3.8) is 0 Å². The number of anilines is 2. The molecular formula is C24H19F2N5O2. The van der Waals surface area contributed by atoms with Crippen LogP contribution in [0.3, 0.4) is 0 Å². The molecule has 2 amide bonds. The number of hydrogen-bond donors (Lipinski definition) is 0. The van der Waals surface area contributed by atoms with Gasteiger partial charge in [0.25, 0.3) is 11.8 Å². The topological polar surface area (TPSA) is 69.6 Å². The van der Waals surface area contributed by atoms with Gasteiger partial charge < -0.3 is 9.80 Å². The van der Waals surface area contributed by atoms with Gasteiger partial charge in [0, 0.05) is 38.6 Å². The summed E-state index contributed by atoms with van der Waals surface area (Å²) in [5.74, 6) is -1.32. The van der Waals surface area contributed by atoms with Crippen molar-refractivity contribution in [3.05, 3.63) is 89.9 Å². The van der Waals surface area contributed by atoms with Crippen molar-refractivity contribution >= 4 is 29.0 Å². The molecule has 166 valence electrons. The molecule has 0 bridgehead atoms. The van der Waals surface area contributed by atoms with E-state index in [-0.39, 0.29) is 17.0 Å². The Morgan fingerprint density at radius 3 is 1.85 bits per heavy atom. The highest BCUT2D eigenvalue weighted by Gasteiger charge is 2.43. The van der Waals surface area contributed by atoms with Crippen LogP contribution in [0.1, 0.15) is 5.56 Å². The second-order valence-electron chi connectivity index (χ2n) is 7.68. The average molecular weight is 447 g/mol. The van der Waals surface area contributed by atoms with E-state index in [9.17, 15) is 18.4 Å². The predicted octanol–water partition coefficient (Wildman–Crippen LogP) is 2.86. The van der Waals surface area contributed by atoms with E-state index in [1.54, 1.807) is 18.5 Å². The van der Waals surface area contributed by atoms with Gasteiger partial charge in [-0.25, -0.2) is 23.6 Å². The summed E-state index contributed by atoms with van der Waals surface area (Å²) in [6, 6.07) is 12.4. The Morgan fingerprint density at radius 1 is 0.697 bits per heavy atom. The van der Waals surface area contributed by atoms with Crippen LogP contribution in [0.25, 0.3) is 5.57 Å². The molecule has 1 fully saturated rings. The molecule has 0 unspecified atom stereocenters. The second-order valence-corrected chi connectivity index (χ2v) is 7.68. The molecular weight excluding hydrogens is 428 g/mol. The summed E-state index contributed by atoms with van der Waals surface area (Å²) in [5, 5.41) is 0. The summed E-state index contributed by atoms with van der Waals surface area (Å²) >= 11 is 0. The highest BCUT2D eigenvalue weighted by molar-refractivity contribution is 6.45. The molecule has 2 aliphatic rings. The van der Waals surface area contributed by atoms with E-state index < -0.39 is 23.4 Å². The molecule has 1 saturated heterocycles.